The Hall–Kier alpha value is -3.70. The highest BCUT2D eigenvalue weighted by Gasteiger charge is 2.21. The summed E-state index contributed by atoms with van der Waals surface area (Å²) >= 11 is 0. The van der Waals surface area contributed by atoms with Crippen LogP contribution in [0.4, 0.5) is 14.5 Å². The fraction of sp³-hybridized carbons (Fsp3) is 0.136. The Morgan fingerprint density at radius 3 is 2.48 bits per heavy atom. The Labute approximate surface area is 188 Å². The molecule has 0 aliphatic carbocycles. The molecule has 0 aliphatic heterocycles. The molecule has 0 saturated carbocycles. The number of hydrogen-bond donors (Lipinski definition) is 2. The number of anilines is 1. The third-order valence-electron chi connectivity index (χ3n) is 5.14. The van der Waals surface area contributed by atoms with Crippen LogP contribution in [0.2, 0.25) is 0 Å². The minimum absolute atomic E-state index is 0.0674. The molecule has 0 radical (unpaired) electrons. The summed E-state index contributed by atoms with van der Waals surface area (Å²) in [6.45, 7) is 1.69. The highest BCUT2D eigenvalue weighted by atomic mass is 32.2. The quantitative estimate of drug-likeness (QED) is 0.445. The number of nitrogens with two attached hydrogens (primary N) is 1. The summed E-state index contributed by atoms with van der Waals surface area (Å²) in [7, 11) is -2.50. The Kier molecular flexibility index (Phi) is 5.68. The molecule has 2 aromatic carbocycles. The van der Waals surface area contributed by atoms with E-state index in [-0.39, 0.29) is 29.3 Å². The van der Waals surface area contributed by atoms with E-state index in [4.69, 9.17) is 9.88 Å². The molecule has 0 aliphatic rings. The number of hydrogen-bond acceptors (Lipinski definition) is 4. The van der Waals surface area contributed by atoms with E-state index < -0.39 is 21.8 Å². The van der Waals surface area contributed by atoms with E-state index in [1.54, 1.807) is 32.4 Å². The Morgan fingerprint density at radius 2 is 1.82 bits per heavy atom. The number of pyridine rings is 1. The molecule has 4 aromatic rings. The standard InChI is InChI=1S/C22H20F2N4O4S/c1-3-28(33(25,30)31)14-5-7-19(32-20-6-4-13(23)10-18(20)24)16(11-14)17-12-27(2)22(29)21-15(17)8-9-26-21/h4-12,26H,3H2,1-2H3,(H2,25,30,31). The Balaban J connectivity index is 1.98. The molecular formula is C22H20F2N4O4S. The number of H-pyrrole nitrogens is 1. The van der Waals surface area contributed by atoms with Crippen LogP contribution < -0.4 is 19.7 Å². The molecule has 0 spiro atoms. The van der Waals surface area contributed by atoms with Crippen molar-refractivity contribution in [2.45, 2.75) is 6.92 Å². The number of fused-ring (bicyclic) bond motifs is 1. The minimum Gasteiger partial charge on any atom is -0.454 e. The molecule has 11 heteroatoms. The van der Waals surface area contributed by atoms with Crippen LogP contribution >= 0.6 is 0 Å². The van der Waals surface area contributed by atoms with E-state index in [1.165, 1.54) is 22.8 Å². The smallest absolute Gasteiger partial charge is 0.298 e. The molecular weight excluding hydrogens is 454 g/mol. The lowest BCUT2D eigenvalue weighted by atomic mass is 10.0. The number of aryl methyl sites for hydroxylation is 1. The van der Waals surface area contributed by atoms with Crippen molar-refractivity contribution in [3.05, 3.63) is 76.8 Å². The summed E-state index contributed by atoms with van der Waals surface area (Å²) in [5.41, 5.74) is 1.22. The maximum atomic E-state index is 14.3. The largest absolute Gasteiger partial charge is 0.454 e. The van der Waals surface area contributed by atoms with Gasteiger partial charge in [0.2, 0.25) is 0 Å². The van der Waals surface area contributed by atoms with Crippen LogP contribution in [0.25, 0.3) is 22.0 Å². The van der Waals surface area contributed by atoms with Gasteiger partial charge in [-0.1, -0.05) is 0 Å². The van der Waals surface area contributed by atoms with Gasteiger partial charge < -0.3 is 14.3 Å². The van der Waals surface area contributed by atoms with Crippen molar-refractivity contribution in [3.63, 3.8) is 0 Å². The second kappa shape index (κ2) is 8.34. The van der Waals surface area contributed by atoms with E-state index in [0.29, 0.717) is 28.1 Å². The fourth-order valence-electron chi connectivity index (χ4n) is 3.64. The zero-order valence-corrected chi connectivity index (χ0v) is 18.5. The van der Waals surface area contributed by atoms with E-state index in [0.717, 1.165) is 16.4 Å². The van der Waals surface area contributed by atoms with Gasteiger partial charge in [0.25, 0.3) is 15.8 Å². The van der Waals surface area contributed by atoms with E-state index in [1.807, 2.05) is 0 Å². The summed E-state index contributed by atoms with van der Waals surface area (Å²) in [5, 5.41) is 5.91. The van der Waals surface area contributed by atoms with Gasteiger partial charge in [-0.25, -0.2) is 13.9 Å². The van der Waals surface area contributed by atoms with Gasteiger partial charge in [-0.3, -0.25) is 9.10 Å². The third-order valence-corrected chi connectivity index (χ3v) is 6.23. The van der Waals surface area contributed by atoms with Gasteiger partial charge in [-0.05, 0) is 43.3 Å². The zero-order valence-electron chi connectivity index (χ0n) is 17.7. The van der Waals surface area contributed by atoms with E-state index in [2.05, 4.69) is 4.98 Å². The summed E-state index contributed by atoms with van der Waals surface area (Å²) in [4.78, 5) is 15.4. The summed E-state index contributed by atoms with van der Waals surface area (Å²) < 4.78 is 59.9. The van der Waals surface area contributed by atoms with Crippen molar-refractivity contribution in [2.75, 3.05) is 10.8 Å². The van der Waals surface area contributed by atoms with Crippen LogP contribution in [0.5, 0.6) is 11.5 Å². The summed E-state index contributed by atoms with van der Waals surface area (Å²) in [5.74, 6) is -1.72. The van der Waals surface area contributed by atoms with Crippen LogP contribution in [0.3, 0.4) is 0 Å². The first kappa shape index (κ1) is 22.5. The van der Waals surface area contributed by atoms with Crippen molar-refractivity contribution in [2.24, 2.45) is 12.2 Å². The minimum atomic E-state index is -4.07. The summed E-state index contributed by atoms with van der Waals surface area (Å²) in [6.07, 6.45) is 3.17. The van der Waals surface area contributed by atoms with E-state index >= 15 is 0 Å². The highest BCUT2D eigenvalue weighted by molar-refractivity contribution is 7.90. The van der Waals surface area contributed by atoms with Crippen LogP contribution in [-0.4, -0.2) is 24.5 Å². The molecule has 8 nitrogen and oxygen atoms in total. The third kappa shape index (κ3) is 4.20. The molecule has 33 heavy (non-hydrogen) atoms. The molecule has 3 N–H and O–H groups in total. The summed E-state index contributed by atoms with van der Waals surface area (Å²) in [6, 6.07) is 9.05. The number of ether oxygens (including phenoxy) is 1. The van der Waals surface area contributed by atoms with Crippen LogP contribution in [0.15, 0.2) is 59.7 Å². The lowest BCUT2D eigenvalue weighted by Gasteiger charge is -2.22. The van der Waals surface area contributed by atoms with Crippen LogP contribution in [0, 0.1) is 11.6 Å². The second-order valence-corrected chi connectivity index (χ2v) is 8.76. The lowest BCUT2D eigenvalue weighted by molar-refractivity contribution is 0.439. The van der Waals surface area contributed by atoms with Gasteiger partial charge in [0.15, 0.2) is 11.6 Å². The van der Waals surface area contributed by atoms with Crippen molar-refractivity contribution < 1.29 is 21.9 Å². The average molecular weight is 474 g/mol. The molecule has 0 amide bonds. The van der Waals surface area contributed by atoms with Crippen LogP contribution in [0.1, 0.15) is 6.92 Å². The number of nitrogens with one attached hydrogen (secondary N) is 1. The fourth-order valence-corrected chi connectivity index (χ4v) is 4.41. The van der Waals surface area contributed by atoms with Gasteiger partial charge >= 0.3 is 0 Å². The average Bonchev–Trinajstić information content (AvgIpc) is 3.23. The predicted octanol–water partition coefficient (Wildman–Crippen LogP) is 3.63. The number of aromatic amines is 1. The normalized spacial score (nSPS) is 11.7. The first-order chi connectivity index (χ1) is 15.6. The van der Waals surface area contributed by atoms with Gasteiger partial charge in [0.1, 0.15) is 17.1 Å². The van der Waals surface area contributed by atoms with Crippen LogP contribution in [-0.2, 0) is 17.3 Å². The first-order valence-electron chi connectivity index (χ1n) is 9.84. The predicted molar refractivity (Wildman–Crippen MR) is 122 cm³/mol. The molecule has 0 bridgehead atoms. The van der Waals surface area contributed by atoms with Crippen molar-refractivity contribution in [3.8, 4) is 22.6 Å². The number of aromatic nitrogens is 2. The zero-order chi connectivity index (χ0) is 23.9. The molecule has 2 heterocycles. The second-order valence-electron chi connectivity index (χ2n) is 7.29. The van der Waals surface area contributed by atoms with Crippen molar-refractivity contribution in [1.29, 1.82) is 0 Å². The maximum Gasteiger partial charge on any atom is 0.298 e. The molecule has 2 aromatic heterocycles. The molecule has 0 fully saturated rings. The van der Waals surface area contributed by atoms with Crippen molar-refractivity contribution >= 4 is 26.8 Å². The van der Waals surface area contributed by atoms with E-state index in [9.17, 15) is 22.0 Å². The van der Waals surface area contributed by atoms with Crippen molar-refractivity contribution in [1.82, 2.24) is 9.55 Å². The lowest BCUT2D eigenvalue weighted by Crippen LogP contribution is -2.36. The van der Waals surface area contributed by atoms with Gasteiger partial charge in [-0.15, -0.1) is 0 Å². The monoisotopic (exact) mass is 474 g/mol. The Bertz CT molecular complexity index is 1530. The maximum absolute atomic E-state index is 14.3. The molecule has 0 unspecified atom stereocenters. The van der Waals surface area contributed by atoms with Gasteiger partial charge in [-0.2, -0.15) is 8.42 Å². The molecule has 0 saturated heterocycles. The highest BCUT2D eigenvalue weighted by Crippen LogP contribution is 2.39. The molecule has 0 atom stereocenters. The Morgan fingerprint density at radius 1 is 1.09 bits per heavy atom. The SMILES string of the molecule is CCN(c1ccc(Oc2ccc(F)cc2F)c(-c2cn(C)c(=O)c3[nH]ccc23)c1)S(N)(=O)=O. The number of benzene rings is 2. The van der Waals surface area contributed by atoms with Gasteiger partial charge in [0.05, 0.1) is 5.69 Å². The topological polar surface area (TPSA) is 110 Å². The van der Waals surface area contributed by atoms with Gasteiger partial charge in [0, 0.05) is 48.6 Å². The number of rotatable bonds is 6. The first-order valence-corrected chi connectivity index (χ1v) is 11.3. The molecule has 4 rings (SSSR count). The molecule has 172 valence electrons. The number of nitrogens with zero attached hydrogens (tertiary/aromatic N) is 2. The number of halogens is 2.